The fraction of sp³-hybridized carbons (Fsp3) is 0.400. The van der Waals surface area contributed by atoms with Crippen LogP contribution in [0.15, 0.2) is 30.6 Å². The van der Waals surface area contributed by atoms with Gasteiger partial charge in [-0.05, 0) is 24.7 Å². The van der Waals surface area contributed by atoms with E-state index in [-0.39, 0.29) is 5.91 Å². The second kappa shape index (κ2) is 5.54. The van der Waals surface area contributed by atoms with Crippen LogP contribution in [-0.4, -0.2) is 58.4 Å². The molecular formula is C15H18N4O. The Balaban J connectivity index is 1.79. The van der Waals surface area contributed by atoms with Crippen molar-refractivity contribution in [2.75, 3.05) is 32.7 Å². The molecular weight excluding hydrogens is 252 g/mol. The van der Waals surface area contributed by atoms with E-state index in [9.17, 15) is 4.79 Å². The molecule has 20 heavy (non-hydrogen) atoms. The number of likely N-dealkylation sites (N-methyl/N-ethyl adjacent to an activating group) is 1. The van der Waals surface area contributed by atoms with E-state index in [4.69, 9.17) is 0 Å². The molecule has 0 saturated carbocycles. The topological polar surface area (TPSA) is 49.3 Å². The highest BCUT2D eigenvalue weighted by molar-refractivity contribution is 5.97. The molecule has 1 saturated heterocycles. The van der Waals surface area contributed by atoms with Gasteiger partial charge in [0.1, 0.15) is 0 Å². The highest BCUT2D eigenvalue weighted by Gasteiger charge is 2.21. The lowest BCUT2D eigenvalue weighted by Gasteiger charge is -2.34. The summed E-state index contributed by atoms with van der Waals surface area (Å²) in [5, 5.41) is 0. The van der Waals surface area contributed by atoms with Crippen LogP contribution >= 0.6 is 0 Å². The van der Waals surface area contributed by atoms with E-state index in [0.29, 0.717) is 5.56 Å². The van der Waals surface area contributed by atoms with Crippen molar-refractivity contribution < 1.29 is 4.79 Å². The lowest BCUT2D eigenvalue weighted by Crippen LogP contribution is -2.48. The van der Waals surface area contributed by atoms with Gasteiger partial charge in [-0.15, -0.1) is 0 Å². The van der Waals surface area contributed by atoms with Gasteiger partial charge >= 0.3 is 0 Å². The molecule has 0 bridgehead atoms. The number of nitrogens with zero attached hydrogens (tertiary/aromatic N) is 4. The van der Waals surface area contributed by atoms with Crippen LogP contribution < -0.4 is 0 Å². The summed E-state index contributed by atoms with van der Waals surface area (Å²) in [6.45, 7) is 6.70. The Morgan fingerprint density at radius 2 is 1.80 bits per heavy atom. The lowest BCUT2D eigenvalue weighted by molar-refractivity contribution is 0.0643. The summed E-state index contributed by atoms with van der Waals surface area (Å²) < 4.78 is 0. The third-order valence-electron chi connectivity index (χ3n) is 3.82. The number of fused-ring (bicyclic) bond motifs is 1. The first kappa shape index (κ1) is 13.0. The van der Waals surface area contributed by atoms with Crippen LogP contribution in [-0.2, 0) is 0 Å². The summed E-state index contributed by atoms with van der Waals surface area (Å²) in [7, 11) is 0. The highest BCUT2D eigenvalue weighted by atomic mass is 16.2. The molecule has 1 amide bonds. The molecule has 0 radical (unpaired) electrons. The molecule has 5 nitrogen and oxygen atoms in total. The van der Waals surface area contributed by atoms with Crippen LogP contribution in [0, 0.1) is 0 Å². The number of hydrogen-bond donors (Lipinski definition) is 0. The fourth-order valence-corrected chi connectivity index (χ4v) is 2.55. The van der Waals surface area contributed by atoms with Crippen LogP contribution in [0.5, 0.6) is 0 Å². The predicted molar refractivity (Wildman–Crippen MR) is 77.6 cm³/mol. The summed E-state index contributed by atoms with van der Waals surface area (Å²) >= 11 is 0. The van der Waals surface area contributed by atoms with Gasteiger partial charge in [-0.2, -0.15) is 0 Å². The summed E-state index contributed by atoms with van der Waals surface area (Å²) in [4.78, 5) is 25.2. The zero-order valence-corrected chi connectivity index (χ0v) is 11.6. The summed E-state index contributed by atoms with van der Waals surface area (Å²) in [6, 6.07) is 5.53. The first-order valence-corrected chi connectivity index (χ1v) is 7.00. The van der Waals surface area contributed by atoms with Gasteiger partial charge in [0.15, 0.2) is 0 Å². The highest BCUT2D eigenvalue weighted by Crippen LogP contribution is 2.14. The maximum atomic E-state index is 12.5. The quantitative estimate of drug-likeness (QED) is 0.828. The van der Waals surface area contributed by atoms with Gasteiger partial charge in [0.25, 0.3) is 5.91 Å². The molecule has 0 unspecified atom stereocenters. The normalized spacial score (nSPS) is 16.6. The van der Waals surface area contributed by atoms with Gasteiger partial charge in [-0.3, -0.25) is 14.8 Å². The molecule has 1 aliphatic heterocycles. The molecule has 0 spiro atoms. The van der Waals surface area contributed by atoms with E-state index in [1.807, 2.05) is 23.1 Å². The number of rotatable bonds is 2. The second-order valence-electron chi connectivity index (χ2n) is 4.99. The predicted octanol–water partition coefficient (Wildman–Crippen LogP) is 1.41. The lowest BCUT2D eigenvalue weighted by atomic mass is 10.1. The van der Waals surface area contributed by atoms with Crippen molar-refractivity contribution in [3.63, 3.8) is 0 Å². The maximum absolute atomic E-state index is 12.5. The van der Waals surface area contributed by atoms with Crippen LogP contribution in [0.2, 0.25) is 0 Å². The van der Waals surface area contributed by atoms with Crippen LogP contribution in [0.1, 0.15) is 17.3 Å². The van der Waals surface area contributed by atoms with E-state index >= 15 is 0 Å². The molecule has 0 N–H and O–H groups in total. The monoisotopic (exact) mass is 270 g/mol. The Labute approximate surface area is 118 Å². The molecule has 0 aliphatic carbocycles. The molecule has 1 aromatic carbocycles. The molecule has 2 aromatic rings. The second-order valence-corrected chi connectivity index (χ2v) is 4.99. The Bertz CT molecular complexity index is 620. The Morgan fingerprint density at radius 3 is 2.50 bits per heavy atom. The largest absolute Gasteiger partial charge is 0.336 e. The van der Waals surface area contributed by atoms with E-state index < -0.39 is 0 Å². The Hall–Kier alpha value is -2.01. The molecule has 1 fully saturated rings. The molecule has 1 aliphatic rings. The van der Waals surface area contributed by atoms with E-state index in [1.165, 1.54) is 0 Å². The Morgan fingerprint density at radius 1 is 1.10 bits per heavy atom. The number of carbonyl (C=O) groups is 1. The van der Waals surface area contributed by atoms with Crippen LogP contribution in [0.25, 0.3) is 11.0 Å². The van der Waals surface area contributed by atoms with Crippen molar-refractivity contribution in [2.24, 2.45) is 0 Å². The van der Waals surface area contributed by atoms with Gasteiger partial charge in [-0.1, -0.05) is 6.92 Å². The minimum atomic E-state index is 0.0910. The minimum Gasteiger partial charge on any atom is -0.336 e. The van der Waals surface area contributed by atoms with Crippen molar-refractivity contribution in [3.05, 3.63) is 36.2 Å². The molecule has 3 rings (SSSR count). The third-order valence-corrected chi connectivity index (χ3v) is 3.82. The SMILES string of the molecule is CCN1CCN(C(=O)c2ccc3nccnc3c2)CC1. The molecule has 0 atom stereocenters. The smallest absolute Gasteiger partial charge is 0.254 e. The van der Waals surface area contributed by atoms with Gasteiger partial charge in [-0.25, -0.2) is 0 Å². The zero-order chi connectivity index (χ0) is 13.9. The molecule has 2 heterocycles. The first-order valence-electron chi connectivity index (χ1n) is 7.00. The van der Waals surface area contributed by atoms with Gasteiger partial charge in [0, 0.05) is 44.1 Å². The molecule has 104 valence electrons. The van der Waals surface area contributed by atoms with Gasteiger partial charge in [0.05, 0.1) is 11.0 Å². The average Bonchev–Trinajstić information content (AvgIpc) is 2.54. The standard InChI is InChI=1S/C15H18N4O/c1-2-18-7-9-19(10-8-18)15(20)12-3-4-13-14(11-12)17-6-5-16-13/h3-6,11H,2,7-10H2,1H3. The van der Waals surface area contributed by atoms with E-state index in [1.54, 1.807) is 12.4 Å². The first-order chi connectivity index (χ1) is 9.78. The van der Waals surface area contributed by atoms with Crippen molar-refractivity contribution in [3.8, 4) is 0 Å². The van der Waals surface area contributed by atoms with Gasteiger partial charge < -0.3 is 9.80 Å². The number of benzene rings is 1. The summed E-state index contributed by atoms with van der Waals surface area (Å²) in [5.41, 5.74) is 2.29. The maximum Gasteiger partial charge on any atom is 0.254 e. The number of aromatic nitrogens is 2. The number of piperazine rings is 1. The minimum absolute atomic E-state index is 0.0910. The molecule has 5 heteroatoms. The van der Waals surface area contributed by atoms with Crippen molar-refractivity contribution >= 4 is 16.9 Å². The van der Waals surface area contributed by atoms with Crippen molar-refractivity contribution in [1.29, 1.82) is 0 Å². The Kier molecular flexibility index (Phi) is 3.60. The molecule has 1 aromatic heterocycles. The van der Waals surface area contributed by atoms with E-state index in [2.05, 4.69) is 21.8 Å². The summed E-state index contributed by atoms with van der Waals surface area (Å²) in [5.74, 6) is 0.0910. The van der Waals surface area contributed by atoms with E-state index in [0.717, 1.165) is 43.8 Å². The van der Waals surface area contributed by atoms with Gasteiger partial charge in [0.2, 0.25) is 0 Å². The average molecular weight is 270 g/mol. The zero-order valence-electron chi connectivity index (χ0n) is 11.6. The van der Waals surface area contributed by atoms with Crippen molar-refractivity contribution in [2.45, 2.75) is 6.92 Å². The third kappa shape index (κ3) is 2.49. The van der Waals surface area contributed by atoms with Crippen LogP contribution in [0.4, 0.5) is 0 Å². The fourth-order valence-electron chi connectivity index (χ4n) is 2.55. The number of hydrogen-bond acceptors (Lipinski definition) is 4. The number of amides is 1. The number of carbonyl (C=O) groups excluding carboxylic acids is 1. The van der Waals surface area contributed by atoms with Crippen LogP contribution in [0.3, 0.4) is 0 Å². The summed E-state index contributed by atoms with van der Waals surface area (Å²) in [6.07, 6.45) is 3.31. The van der Waals surface area contributed by atoms with Crippen molar-refractivity contribution in [1.82, 2.24) is 19.8 Å².